The van der Waals surface area contributed by atoms with Gasteiger partial charge in [-0.2, -0.15) is 4.68 Å². The Morgan fingerprint density at radius 1 is 1.17 bits per heavy atom. The van der Waals surface area contributed by atoms with E-state index in [1.165, 1.54) is 18.4 Å². The van der Waals surface area contributed by atoms with E-state index in [0.29, 0.717) is 11.3 Å². The second-order valence-electron chi connectivity index (χ2n) is 4.50. The van der Waals surface area contributed by atoms with Gasteiger partial charge in [0.1, 0.15) is 5.75 Å². The molecule has 1 aromatic carbocycles. The second kappa shape index (κ2) is 5.67. The topological polar surface area (TPSA) is 70.4 Å². The van der Waals surface area contributed by atoms with E-state index >= 15 is 0 Å². The summed E-state index contributed by atoms with van der Waals surface area (Å²) in [6.07, 6.45) is -3.34. The van der Waals surface area contributed by atoms with Gasteiger partial charge in [-0.15, -0.1) is 18.3 Å². The fourth-order valence-corrected chi connectivity index (χ4v) is 1.88. The van der Waals surface area contributed by atoms with Crippen LogP contribution in [0.1, 0.15) is 5.56 Å². The number of hydrogen-bond acceptors (Lipinski definition) is 5. The highest BCUT2D eigenvalue weighted by molar-refractivity contribution is 5.42. The molecule has 120 valence electrons. The van der Waals surface area contributed by atoms with E-state index in [9.17, 15) is 18.0 Å². The number of nitrogens with zero attached hydrogens (tertiary/aromatic N) is 2. The van der Waals surface area contributed by atoms with Crippen molar-refractivity contribution in [1.29, 1.82) is 0 Å². The first-order valence-electron chi connectivity index (χ1n) is 6.37. The van der Waals surface area contributed by atoms with E-state index < -0.39 is 12.1 Å². The Morgan fingerprint density at radius 2 is 1.91 bits per heavy atom. The zero-order chi connectivity index (χ0) is 16.4. The lowest BCUT2D eigenvalue weighted by molar-refractivity contribution is -0.274. The average molecular weight is 326 g/mol. The summed E-state index contributed by atoms with van der Waals surface area (Å²) in [6.45, 7) is 0.0370. The smallest absolute Gasteiger partial charge is 0.459 e. The molecule has 0 N–H and O–H groups in total. The highest BCUT2D eigenvalue weighted by atomic mass is 19.4. The molecule has 0 unspecified atom stereocenters. The Morgan fingerprint density at radius 3 is 2.52 bits per heavy atom. The fourth-order valence-electron chi connectivity index (χ4n) is 1.88. The molecule has 3 aromatic rings. The standard InChI is InChI=1S/C14H9F3N2O4/c15-14(16,17)23-10-5-3-9(4-6-10)8-19-13(20)22-12(18-19)11-2-1-7-21-11/h1-7H,8H2. The molecule has 0 aliphatic rings. The van der Waals surface area contributed by atoms with Gasteiger partial charge in [0.15, 0.2) is 5.76 Å². The van der Waals surface area contributed by atoms with Gasteiger partial charge in [0.25, 0.3) is 5.89 Å². The summed E-state index contributed by atoms with van der Waals surface area (Å²) in [5.74, 6) is -0.719. The molecule has 2 aromatic heterocycles. The number of rotatable bonds is 4. The van der Waals surface area contributed by atoms with Gasteiger partial charge in [-0.3, -0.25) is 0 Å². The third kappa shape index (κ3) is 3.62. The Labute approximate surface area is 126 Å². The normalized spacial score (nSPS) is 11.6. The first-order chi connectivity index (χ1) is 10.9. The summed E-state index contributed by atoms with van der Waals surface area (Å²) in [7, 11) is 0. The zero-order valence-corrected chi connectivity index (χ0v) is 11.4. The maximum atomic E-state index is 12.1. The van der Waals surface area contributed by atoms with E-state index in [-0.39, 0.29) is 18.2 Å². The Balaban J connectivity index is 1.76. The summed E-state index contributed by atoms with van der Waals surface area (Å²) in [4.78, 5) is 11.7. The van der Waals surface area contributed by atoms with Crippen LogP contribution in [-0.4, -0.2) is 16.1 Å². The molecule has 0 amide bonds. The van der Waals surface area contributed by atoms with E-state index in [1.54, 1.807) is 12.1 Å². The van der Waals surface area contributed by atoms with Gasteiger partial charge in [-0.05, 0) is 29.8 Å². The average Bonchev–Trinajstić information content (AvgIpc) is 3.10. The lowest BCUT2D eigenvalue weighted by atomic mass is 10.2. The molecule has 23 heavy (non-hydrogen) atoms. The Bertz CT molecular complexity index is 832. The first-order valence-corrected chi connectivity index (χ1v) is 6.37. The summed E-state index contributed by atoms with van der Waals surface area (Å²) in [5, 5.41) is 3.96. The number of ether oxygens (including phenoxy) is 1. The summed E-state index contributed by atoms with van der Waals surface area (Å²) < 4.78 is 51.1. The number of furan rings is 1. The van der Waals surface area contributed by atoms with Crippen LogP contribution in [0, 0.1) is 0 Å². The number of hydrogen-bond donors (Lipinski definition) is 0. The van der Waals surface area contributed by atoms with Crippen molar-refractivity contribution in [2.45, 2.75) is 12.9 Å². The van der Waals surface area contributed by atoms with Crippen molar-refractivity contribution in [3.05, 3.63) is 58.8 Å². The molecule has 6 nitrogen and oxygen atoms in total. The van der Waals surface area contributed by atoms with Crippen LogP contribution in [0.25, 0.3) is 11.7 Å². The molecule has 2 heterocycles. The SMILES string of the molecule is O=c1oc(-c2ccco2)nn1Cc1ccc(OC(F)(F)F)cc1. The van der Waals surface area contributed by atoms with Crippen LogP contribution in [0.3, 0.4) is 0 Å². The summed E-state index contributed by atoms with van der Waals surface area (Å²) in [6, 6.07) is 8.30. The van der Waals surface area contributed by atoms with Gasteiger partial charge in [0.05, 0.1) is 12.8 Å². The predicted octanol–water partition coefficient (Wildman–Crippen LogP) is 3.04. The molecular weight excluding hydrogens is 317 g/mol. The van der Waals surface area contributed by atoms with Gasteiger partial charge in [0.2, 0.25) is 0 Å². The Hall–Kier alpha value is -2.97. The number of aromatic nitrogens is 2. The number of benzene rings is 1. The minimum absolute atomic E-state index is 0.0250. The molecule has 0 radical (unpaired) electrons. The summed E-state index contributed by atoms with van der Waals surface area (Å²) >= 11 is 0. The largest absolute Gasteiger partial charge is 0.573 e. The zero-order valence-electron chi connectivity index (χ0n) is 11.4. The van der Waals surface area contributed by atoms with E-state index in [4.69, 9.17) is 8.83 Å². The predicted molar refractivity (Wildman–Crippen MR) is 70.7 cm³/mol. The van der Waals surface area contributed by atoms with Gasteiger partial charge in [-0.1, -0.05) is 12.1 Å². The van der Waals surface area contributed by atoms with Crippen LogP contribution >= 0.6 is 0 Å². The van der Waals surface area contributed by atoms with E-state index in [1.807, 2.05) is 0 Å². The van der Waals surface area contributed by atoms with Crippen molar-refractivity contribution in [2.24, 2.45) is 0 Å². The molecule has 9 heteroatoms. The van der Waals surface area contributed by atoms with E-state index in [2.05, 4.69) is 9.84 Å². The van der Waals surface area contributed by atoms with Crippen LogP contribution < -0.4 is 10.5 Å². The molecule has 0 atom stereocenters. The molecule has 0 aliphatic heterocycles. The van der Waals surface area contributed by atoms with Crippen molar-refractivity contribution < 1.29 is 26.7 Å². The maximum absolute atomic E-state index is 12.1. The van der Waals surface area contributed by atoms with Gasteiger partial charge in [0, 0.05) is 0 Å². The Kier molecular flexibility index (Phi) is 3.68. The fraction of sp³-hybridized carbons (Fsp3) is 0.143. The summed E-state index contributed by atoms with van der Waals surface area (Å²) in [5.41, 5.74) is 0.556. The minimum atomic E-state index is -4.75. The van der Waals surface area contributed by atoms with Crippen LogP contribution in [-0.2, 0) is 6.54 Å². The molecule has 0 bridgehead atoms. The van der Waals surface area contributed by atoms with Gasteiger partial charge >= 0.3 is 12.1 Å². The highest BCUT2D eigenvalue weighted by Gasteiger charge is 2.30. The third-order valence-electron chi connectivity index (χ3n) is 2.83. The third-order valence-corrected chi connectivity index (χ3v) is 2.83. The molecule has 0 spiro atoms. The molecule has 0 saturated heterocycles. The molecule has 0 fully saturated rings. The van der Waals surface area contributed by atoms with Crippen molar-refractivity contribution >= 4 is 0 Å². The van der Waals surface area contributed by atoms with Crippen LogP contribution in [0.15, 0.2) is 56.3 Å². The first kappa shape index (κ1) is 14.9. The second-order valence-corrected chi connectivity index (χ2v) is 4.50. The van der Waals surface area contributed by atoms with Crippen molar-refractivity contribution in [2.75, 3.05) is 0 Å². The van der Waals surface area contributed by atoms with Gasteiger partial charge in [-0.25, -0.2) is 4.79 Å². The number of alkyl halides is 3. The van der Waals surface area contributed by atoms with Crippen LogP contribution in [0.2, 0.25) is 0 Å². The molecule has 0 saturated carbocycles. The lowest BCUT2D eigenvalue weighted by Crippen LogP contribution is -2.18. The molecular formula is C14H9F3N2O4. The van der Waals surface area contributed by atoms with Gasteiger partial charge < -0.3 is 13.6 Å². The maximum Gasteiger partial charge on any atom is 0.573 e. The molecule has 3 rings (SSSR count). The quantitative estimate of drug-likeness (QED) is 0.737. The van der Waals surface area contributed by atoms with Crippen molar-refractivity contribution in [1.82, 2.24) is 9.78 Å². The lowest BCUT2D eigenvalue weighted by Gasteiger charge is -2.08. The van der Waals surface area contributed by atoms with E-state index in [0.717, 1.165) is 16.8 Å². The van der Waals surface area contributed by atoms with Crippen LogP contribution in [0.5, 0.6) is 5.75 Å². The van der Waals surface area contributed by atoms with Crippen molar-refractivity contribution in [3.8, 4) is 17.4 Å². The highest BCUT2D eigenvalue weighted by Crippen LogP contribution is 2.23. The minimum Gasteiger partial charge on any atom is -0.459 e. The van der Waals surface area contributed by atoms with Crippen molar-refractivity contribution in [3.63, 3.8) is 0 Å². The van der Waals surface area contributed by atoms with Crippen LogP contribution in [0.4, 0.5) is 13.2 Å². The molecule has 0 aliphatic carbocycles. The monoisotopic (exact) mass is 326 g/mol. The number of halogens is 3.